The lowest BCUT2D eigenvalue weighted by Crippen LogP contribution is -2.53. The predicted molar refractivity (Wildman–Crippen MR) is 75.3 cm³/mol. The number of nitrogens with two attached hydrogens (primary N) is 1. The van der Waals surface area contributed by atoms with E-state index in [1.807, 2.05) is 38.2 Å². The second kappa shape index (κ2) is 6.61. The minimum Gasteiger partial charge on any atom is -0.497 e. The minimum atomic E-state index is -0.220. The van der Waals surface area contributed by atoms with E-state index in [2.05, 4.69) is 11.8 Å². The molecule has 0 fully saturated rings. The summed E-state index contributed by atoms with van der Waals surface area (Å²) in [7, 11) is 3.70. The Morgan fingerprint density at radius 1 is 1.39 bits per heavy atom. The van der Waals surface area contributed by atoms with E-state index in [4.69, 9.17) is 15.2 Å². The van der Waals surface area contributed by atoms with Crippen molar-refractivity contribution in [3.63, 3.8) is 0 Å². The topological polar surface area (TPSA) is 47.7 Å². The van der Waals surface area contributed by atoms with Crippen LogP contribution in [0.5, 0.6) is 5.75 Å². The lowest BCUT2D eigenvalue weighted by molar-refractivity contribution is 0.102. The van der Waals surface area contributed by atoms with Gasteiger partial charge in [-0.1, -0.05) is 6.07 Å². The van der Waals surface area contributed by atoms with Crippen molar-refractivity contribution in [2.75, 3.05) is 38.8 Å². The zero-order chi connectivity index (χ0) is 13.6. The van der Waals surface area contributed by atoms with Crippen LogP contribution in [-0.4, -0.2) is 39.5 Å². The molecule has 4 heteroatoms. The third-order valence-corrected chi connectivity index (χ3v) is 3.31. The summed E-state index contributed by atoms with van der Waals surface area (Å²) in [6.07, 6.45) is 0. The zero-order valence-corrected chi connectivity index (χ0v) is 11.8. The highest BCUT2D eigenvalue weighted by molar-refractivity contribution is 5.52. The van der Waals surface area contributed by atoms with Crippen LogP contribution < -0.4 is 15.4 Å². The van der Waals surface area contributed by atoms with Crippen LogP contribution in [0, 0.1) is 0 Å². The third kappa shape index (κ3) is 3.37. The number of ether oxygens (including phenoxy) is 2. The van der Waals surface area contributed by atoms with Gasteiger partial charge < -0.3 is 20.1 Å². The van der Waals surface area contributed by atoms with E-state index < -0.39 is 0 Å². The molecule has 0 aliphatic carbocycles. The van der Waals surface area contributed by atoms with Gasteiger partial charge >= 0.3 is 0 Å². The second-order valence-corrected chi connectivity index (χ2v) is 4.60. The Balaban J connectivity index is 2.91. The number of rotatable bonds is 7. The van der Waals surface area contributed by atoms with Gasteiger partial charge in [0.05, 0.1) is 19.3 Å². The van der Waals surface area contributed by atoms with E-state index in [1.54, 1.807) is 7.11 Å². The van der Waals surface area contributed by atoms with Crippen molar-refractivity contribution in [2.45, 2.75) is 19.4 Å². The summed E-state index contributed by atoms with van der Waals surface area (Å²) < 4.78 is 10.8. The Morgan fingerprint density at radius 2 is 2.11 bits per heavy atom. The van der Waals surface area contributed by atoms with Crippen LogP contribution in [0.25, 0.3) is 0 Å². The lowest BCUT2D eigenvalue weighted by Gasteiger charge is -2.39. The summed E-state index contributed by atoms with van der Waals surface area (Å²) >= 11 is 0. The van der Waals surface area contributed by atoms with E-state index >= 15 is 0 Å². The smallest absolute Gasteiger partial charge is 0.120 e. The number of methoxy groups -OCH3 is 1. The highest BCUT2D eigenvalue weighted by Gasteiger charge is 2.28. The summed E-state index contributed by atoms with van der Waals surface area (Å²) in [6, 6.07) is 7.95. The number of anilines is 1. The summed E-state index contributed by atoms with van der Waals surface area (Å²) in [6.45, 7) is 5.92. The first-order valence-corrected chi connectivity index (χ1v) is 6.23. The standard InChI is InChI=1S/C14H24N2O2/c1-5-18-11-14(2,10-15)16(3)12-7-6-8-13(9-12)17-4/h6-9H,5,10-11,15H2,1-4H3. The molecule has 0 saturated heterocycles. The molecular weight excluding hydrogens is 228 g/mol. The van der Waals surface area contributed by atoms with Gasteiger partial charge in [-0.2, -0.15) is 0 Å². The van der Waals surface area contributed by atoms with E-state index in [0.29, 0.717) is 19.8 Å². The highest BCUT2D eigenvalue weighted by atomic mass is 16.5. The number of benzene rings is 1. The van der Waals surface area contributed by atoms with Crippen molar-refractivity contribution in [3.05, 3.63) is 24.3 Å². The monoisotopic (exact) mass is 252 g/mol. The summed E-state index contributed by atoms with van der Waals surface area (Å²) in [4.78, 5) is 2.14. The van der Waals surface area contributed by atoms with Crippen molar-refractivity contribution < 1.29 is 9.47 Å². The second-order valence-electron chi connectivity index (χ2n) is 4.60. The SMILES string of the molecule is CCOCC(C)(CN)N(C)c1cccc(OC)c1. The number of nitrogens with zero attached hydrogens (tertiary/aromatic N) is 1. The van der Waals surface area contributed by atoms with Gasteiger partial charge in [0, 0.05) is 32.0 Å². The van der Waals surface area contributed by atoms with E-state index in [0.717, 1.165) is 11.4 Å². The Labute approximate surface area is 110 Å². The first kappa shape index (κ1) is 14.8. The molecule has 0 aromatic heterocycles. The van der Waals surface area contributed by atoms with Crippen molar-refractivity contribution >= 4 is 5.69 Å². The molecule has 0 heterocycles. The maximum atomic E-state index is 5.90. The van der Waals surface area contributed by atoms with Crippen LogP contribution in [0.4, 0.5) is 5.69 Å². The fraction of sp³-hybridized carbons (Fsp3) is 0.571. The van der Waals surface area contributed by atoms with Crippen molar-refractivity contribution in [3.8, 4) is 5.75 Å². The molecule has 0 saturated carbocycles. The molecule has 4 nitrogen and oxygen atoms in total. The van der Waals surface area contributed by atoms with Crippen molar-refractivity contribution in [2.24, 2.45) is 5.73 Å². The molecular formula is C14H24N2O2. The molecule has 0 amide bonds. The van der Waals surface area contributed by atoms with Gasteiger partial charge in [0.1, 0.15) is 5.75 Å². The Hall–Kier alpha value is -1.26. The maximum Gasteiger partial charge on any atom is 0.120 e. The number of hydrogen-bond acceptors (Lipinski definition) is 4. The molecule has 0 bridgehead atoms. The van der Waals surface area contributed by atoms with Gasteiger partial charge in [0.25, 0.3) is 0 Å². The Morgan fingerprint density at radius 3 is 2.67 bits per heavy atom. The van der Waals surface area contributed by atoms with Gasteiger partial charge in [-0.25, -0.2) is 0 Å². The van der Waals surface area contributed by atoms with Crippen LogP contribution in [-0.2, 0) is 4.74 Å². The van der Waals surface area contributed by atoms with E-state index in [-0.39, 0.29) is 5.54 Å². The molecule has 1 aromatic carbocycles. The molecule has 1 rings (SSSR count). The summed E-state index contributed by atoms with van der Waals surface area (Å²) in [5.74, 6) is 0.843. The van der Waals surface area contributed by atoms with Crippen molar-refractivity contribution in [1.82, 2.24) is 0 Å². The molecule has 1 atom stereocenters. The Kier molecular flexibility index (Phi) is 5.44. The first-order valence-electron chi connectivity index (χ1n) is 6.23. The molecule has 102 valence electrons. The van der Waals surface area contributed by atoms with Gasteiger partial charge in [-0.15, -0.1) is 0 Å². The van der Waals surface area contributed by atoms with Crippen LogP contribution >= 0.6 is 0 Å². The minimum absolute atomic E-state index is 0.220. The van der Waals surface area contributed by atoms with Crippen LogP contribution in [0.15, 0.2) is 24.3 Å². The van der Waals surface area contributed by atoms with Gasteiger partial charge in [-0.3, -0.25) is 0 Å². The molecule has 1 aromatic rings. The fourth-order valence-electron chi connectivity index (χ4n) is 1.75. The predicted octanol–water partition coefficient (Wildman–Crippen LogP) is 1.89. The van der Waals surface area contributed by atoms with Crippen molar-refractivity contribution in [1.29, 1.82) is 0 Å². The molecule has 0 aliphatic rings. The molecule has 0 spiro atoms. The zero-order valence-electron chi connectivity index (χ0n) is 11.8. The summed E-state index contributed by atoms with van der Waals surface area (Å²) in [5, 5.41) is 0. The normalized spacial score (nSPS) is 14.1. The largest absolute Gasteiger partial charge is 0.497 e. The third-order valence-electron chi connectivity index (χ3n) is 3.31. The highest BCUT2D eigenvalue weighted by Crippen LogP contribution is 2.25. The quantitative estimate of drug-likeness (QED) is 0.805. The van der Waals surface area contributed by atoms with E-state index in [9.17, 15) is 0 Å². The number of likely N-dealkylation sites (N-methyl/N-ethyl adjacent to an activating group) is 1. The Bertz CT molecular complexity index is 371. The van der Waals surface area contributed by atoms with Crippen LogP contribution in [0.2, 0.25) is 0 Å². The van der Waals surface area contributed by atoms with Gasteiger partial charge in [0.15, 0.2) is 0 Å². The van der Waals surface area contributed by atoms with E-state index in [1.165, 1.54) is 0 Å². The summed E-state index contributed by atoms with van der Waals surface area (Å²) in [5.41, 5.74) is 6.76. The molecule has 2 N–H and O–H groups in total. The molecule has 1 unspecified atom stereocenters. The van der Waals surface area contributed by atoms with Crippen LogP contribution in [0.3, 0.4) is 0 Å². The maximum absolute atomic E-state index is 5.90. The molecule has 0 radical (unpaired) electrons. The lowest BCUT2D eigenvalue weighted by atomic mass is 10.0. The molecule has 0 aliphatic heterocycles. The van der Waals surface area contributed by atoms with Crippen LogP contribution in [0.1, 0.15) is 13.8 Å². The first-order chi connectivity index (χ1) is 8.57. The van der Waals surface area contributed by atoms with Gasteiger partial charge in [-0.05, 0) is 26.0 Å². The molecule has 18 heavy (non-hydrogen) atoms. The van der Waals surface area contributed by atoms with Gasteiger partial charge in [0.2, 0.25) is 0 Å². The fourth-order valence-corrected chi connectivity index (χ4v) is 1.75. The average molecular weight is 252 g/mol. The average Bonchev–Trinajstić information content (AvgIpc) is 2.44. The number of hydrogen-bond donors (Lipinski definition) is 1.